The number of aromatic nitrogens is 1. The van der Waals surface area contributed by atoms with E-state index in [4.69, 9.17) is 20.8 Å². The number of nitrogens with zero attached hydrogens (tertiary/aromatic N) is 2. The first-order valence-corrected chi connectivity index (χ1v) is 10.5. The molecule has 5 rings (SSSR count). The third-order valence-corrected chi connectivity index (χ3v) is 5.86. The Morgan fingerprint density at radius 1 is 1.09 bits per heavy atom. The molecule has 8 heteroatoms. The van der Waals surface area contributed by atoms with Gasteiger partial charge in [0.1, 0.15) is 11.4 Å². The van der Waals surface area contributed by atoms with E-state index >= 15 is 0 Å². The number of carbonyl (C=O) groups excluding carboxylic acids is 2. The van der Waals surface area contributed by atoms with Crippen LogP contribution >= 0.6 is 11.6 Å². The van der Waals surface area contributed by atoms with E-state index in [0.29, 0.717) is 22.0 Å². The van der Waals surface area contributed by atoms with Gasteiger partial charge in [0.25, 0.3) is 5.91 Å². The van der Waals surface area contributed by atoms with E-state index in [2.05, 4.69) is 4.98 Å². The minimum Gasteiger partial charge on any atom is -0.465 e. The van der Waals surface area contributed by atoms with Gasteiger partial charge in [0.2, 0.25) is 5.76 Å². The summed E-state index contributed by atoms with van der Waals surface area (Å²) in [6, 6.07) is 14.0. The highest BCUT2D eigenvalue weighted by Gasteiger charge is 2.44. The van der Waals surface area contributed by atoms with Gasteiger partial charge in [-0.15, -0.1) is 0 Å². The quantitative estimate of drug-likeness (QED) is 0.412. The average Bonchev–Trinajstić information content (AvgIpc) is 3.11. The van der Waals surface area contributed by atoms with Crippen LogP contribution in [0.5, 0.6) is 0 Å². The van der Waals surface area contributed by atoms with Crippen molar-refractivity contribution in [2.45, 2.75) is 13.0 Å². The fraction of sp³-hybridized carbons (Fsp3) is 0.120. The number of carbonyl (C=O) groups is 2. The molecule has 3 heterocycles. The van der Waals surface area contributed by atoms with Crippen molar-refractivity contribution in [3.63, 3.8) is 0 Å². The lowest BCUT2D eigenvalue weighted by Gasteiger charge is -2.24. The van der Waals surface area contributed by atoms with Gasteiger partial charge in [-0.2, -0.15) is 0 Å². The van der Waals surface area contributed by atoms with Gasteiger partial charge in [-0.1, -0.05) is 23.7 Å². The van der Waals surface area contributed by atoms with E-state index in [1.807, 2.05) is 13.0 Å². The Kier molecular flexibility index (Phi) is 4.98. The third-order valence-electron chi connectivity index (χ3n) is 5.63. The summed E-state index contributed by atoms with van der Waals surface area (Å²) < 4.78 is 10.7. The van der Waals surface area contributed by atoms with Crippen LogP contribution in [-0.2, 0) is 4.74 Å². The summed E-state index contributed by atoms with van der Waals surface area (Å²) >= 11 is 6.11. The summed E-state index contributed by atoms with van der Waals surface area (Å²) in [6.45, 7) is 1.89. The predicted octanol–water partition coefficient (Wildman–Crippen LogP) is 4.69. The van der Waals surface area contributed by atoms with Crippen molar-refractivity contribution in [2.75, 3.05) is 12.0 Å². The molecule has 0 spiro atoms. The Morgan fingerprint density at radius 3 is 2.55 bits per heavy atom. The number of anilines is 1. The zero-order valence-electron chi connectivity index (χ0n) is 17.7. The number of pyridine rings is 1. The second kappa shape index (κ2) is 7.86. The Bertz CT molecular complexity index is 1490. The van der Waals surface area contributed by atoms with Crippen molar-refractivity contribution in [2.24, 2.45) is 0 Å². The molecule has 0 fully saturated rings. The summed E-state index contributed by atoms with van der Waals surface area (Å²) in [5.74, 6) is -0.615. The monoisotopic (exact) mass is 460 g/mol. The minimum absolute atomic E-state index is 0.0415. The van der Waals surface area contributed by atoms with Crippen molar-refractivity contribution >= 4 is 40.3 Å². The molecule has 1 aliphatic heterocycles. The number of hydrogen-bond acceptors (Lipinski definition) is 6. The normalized spacial score (nSPS) is 15.1. The molecular formula is C25H17ClN2O5. The van der Waals surface area contributed by atoms with E-state index in [-0.39, 0.29) is 27.7 Å². The fourth-order valence-electron chi connectivity index (χ4n) is 4.07. The van der Waals surface area contributed by atoms with Gasteiger partial charge in [-0.3, -0.25) is 14.5 Å². The highest BCUT2D eigenvalue weighted by atomic mass is 35.5. The fourth-order valence-corrected chi connectivity index (χ4v) is 4.24. The summed E-state index contributed by atoms with van der Waals surface area (Å²) in [4.78, 5) is 44.8. The summed E-state index contributed by atoms with van der Waals surface area (Å²) in [7, 11) is 1.30. The summed E-state index contributed by atoms with van der Waals surface area (Å²) in [5, 5.41) is 0.666. The van der Waals surface area contributed by atoms with Gasteiger partial charge in [0.15, 0.2) is 5.43 Å². The lowest BCUT2D eigenvalue weighted by Crippen LogP contribution is -2.30. The zero-order chi connectivity index (χ0) is 23.3. The van der Waals surface area contributed by atoms with Crippen LogP contribution in [0.15, 0.2) is 70.0 Å². The lowest BCUT2D eigenvalue weighted by atomic mass is 9.97. The number of rotatable bonds is 3. The van der Waals surface area contributed by atoms with Crippen molar-refractivity contribution in [3.05, 3.63) is 104 Å². The molecule has 0 aliphatic carbocycles. The summed E-state index contributed by atoms with van der Waals surface area (Å²) in [6.07, 6.45) is 1.60. The molecule has 164 valence electrons. The molecule has 0 N–H and O–H groups in total. The number of fused-ring (bicyclic) bond motifs is 2. The van der Waals surface area contributed by atoms with Crippen LogP contribution in [0.25, 0.3) is 11.0 Å². The van der Waals surface area contributed by atoms with Crippen LogP contribution in [0.4, 0.5) is 5.82 Å². The zero-order valence-corrected chi connectivity index (χ0v) is 18.4. The maximum Gasteiger partial charge on any atom is 0.337 e. The molecule has 0 bridgehead atoms. The maximum atomic E-state index is 13.6. The van der Waals surface area contributed by atoms with Gasteiger partial charge in [0, 0.05) is 11.2 Å². The molecule has 1 atom stereocenters. The molecule has 0 radical (unpaired) electrons. The van der Waals surface area contributed by atoms with Crippen LogP contribution in [0.3, 0.4) is 0 Å². The van der Waals surface area contributed by atoms with Gasteiger partial charge in [0.05, 0.1) is 29.7 Å². The predicted molar refractivity (Wildman–Crippen MR) is 123 cm³/mol. The van der Waals surface area contributed by atoms with Crippen LogP contribution < -0.4 is 10.3 Å². The number of aryl methyl sites for hydroxylation is 1. The molecule has 33 heavy (non-hydrogen) atoms. The highest BCUT2D eigenvalue weighted by molar-refractivity contribution is 6.31. The average molecular weight is 461 g/mol. The smallest absolute Gasteiger partial charge is 0.337 e. The largest absolute Gasteiger partial charge is 0.465 e. The van der Waals surface area contributed by atoms with E-state index < -0.39 is 17.9 Å². The second-order valence-corrected chi connectivity index (χ2v) is 8.13. The second-order valence-electron chi connectivity index (χ2n) is 7.70. The number of benzene rings is 2. The molecule has 1 amide bonds. The molecule has 2 aromatic heterocycles. The van der Waals surface area contributed by atoms with Crippen molar-refractivity contribution < 1.29 is 18.7 Å². The Hall–Kier alpha value is -3.97. The van der Waals surface area contributed by atoms with Crippen LogP contribution in [-0.4, -0.2) is 24.0 Å². The van der Waals surface area contributed by atoms with Gasteiger partial charge < -0.3 is 9.15 Å². The minimum atomic E-state index is -0.798. The van der Waals surface area contributed by atoms with Crippen LogP contribution in [0.1, 0.15) is 43.6 Å². The van der Waals surface area contributed by atoms with Crippen LogP contribution in [0.2, 0.25) is 5.02 Å². The first kappa shape index (κ1) is 20.9. The number of methoxy groups -OCH3 is 1. The van der Waals surface area contributed by atoms with E-state index in [1.54, 1.807) is 48.7 Å². The molecule has 7 nitrogen and oxygen atoms in total. The van der Waals surface area contributed by atoms with E-state index in [0.717, 1.165) is 5.56 Å². The topological polar surface area (TPSA) is 89.7 Å². The van der Waals surface area contributed by atoms with E-state index in [1.165, 1.54) is 18.1 Å². The molecular weight excluding hydrogens is 444 g/mol. The van der Waals surface area contributed by atoms with Gasteiger partial charge in [-0.25, -0.2) is 9.78 Å². The van der Waals surface area contributed by atoms with E-state index in [9.17, 15) is 14.4 Å². The molecule has 0 saturated heterocycles. The molecule has 0 unspecified atom stereocenters. The van der Waals surface area contributed by atoms with Crippen LogP contribution in [0, 0.1) is 6.92 Å². The van der Waals surface area contributed by atoms with Crippen molar-refractivity contribution in [3.8, 4) is 0 Å². The first-order valence-electron chi connectivity index (χ1n) is 10.1. The molecule has 4 aromatic rings. The Labute approximate surface area is 193 Å². The Balaban J connectivity index is 1.77. The van der Waals surface area contributed by atoms with Gasteiger partial charge >= 0.3 is 5.97 Å². The number of hydrogen-bond donors (Lipinski definition) is 0. The van der Waals surface area contributed by atoms with Crippen molar-refractivity contribution in [1.29, 1.82) is 0 Å². The molecule has 1 aliphatic rings. The number of ether oxygens (including phenoxy) is 1. The number of amides is 1. The van der Waals surface area contributed by atoms with Crippen molar-refractivity contribution in [1.82, 2.24) is 4.98 Å². The standard InChI is InChI=1S/C25H17ClN2O5/c1-13-9-10-27-19(11-13)28-21(14-3-5-15(6-4-14)25(31)32-2)20-22(29)17-12-16(26)7-8-18(17)33-23(20)24(28)30/h3-12,21H,1-2H3/t21-/m0/s1. The maximum absolute atomic E-state index is 13.6. The highest BCUT2D eigenvalue weighted by Crippen LogP contribution is 2.40. The Morgan fingerprint density at radius 2 is 1.85 bits per heavy atom. The SMILES string of the molecule is COC(=O)c1ccc([C@H]2c3c(oc4ccc(Cl)cc4c3=O)C(=O)N2c2cc(C)ccn2)cc1. The first-order chi connectivity index (χ1) is 15.9. The summed E-state index contributed by atoms with van der Waals surface area (Å²) in [5.41, 5.74) is 1.99. The number of esters is 1. The number of halogens is 1. The third kappa shape index (κ3) is 3.37. The lowest BCUT2D eigenvalue weighted by molar-refractivity contribution is 0.0600. The molecule has 0 saturated carbocycles. The molecule has 2 aromatic carbocycles. The van der Waals surface area contributed by atoms with Gasteiger partial charge in [-0.05, 0) is 60.5 Å².